The summed E-state index contributed by atoms with van der Waals surface area (Å²) >= 11 is 0. The van der Waals surface area contributed by atoms with Gasteiger partial charge in [0.15, 0.2) is 5.65 Å². The first kappa shape index (κ1) is 23.4. The maximum atomic E-state index is 12.5. The van der Waals surface area contributed by atoms with Crippen LogP contribution in [-0.2, 0) is 4.79 Å². The molecular formula is C22H26F3N5O2. The van der Waals surface area contributed by atoms with Crippen LogP contribution in [0.3, 0.4) is 0 Å². The van der Waals surface area contributed by atoms with E-state index in [-0.39, 0.29) is 17.6 Å². The number of rotatable bonds is 5. The number of alkyl halides is 3. The molecule has 1 amide bonds. The third-order valence-corrected chi connectivity index (χ3v) is 4.65. The number of ether oxygens (including phenoxy) is 1. The van der Waals surface area contributed by atoms with Gasteiger partial charge in [0, 0.05) is 25.1 Å². The van der Waals surface area contributed by atoms with Gasteiger partial charge in [-0.05, 0) is 36.6 Å². The van der Waals surface area contributed by atoms with E-state index in [0.717, 1.165) is 6.42 Å². The second kappa shape index (κ2) is 10.3. The highest BCUT2D eigenvalue weighted by Gasteiger charge is 2.31. The summed E-state index contributed by atoms with van der Waals surface area (Å²) in [4.78, 5) is 15.8. The molecule has 1 atom stereocenters. The fourth-order valence-electron chi connectivity index (χ4n) is 3.29. The van der Waals surface area contributed by atoms with Crippen LogP contribution in [0, 0.1) is 5.92 Å². The molecule has 1 aromatic carbocycles. The van der Waals surface area contributed by atoms with Crippen molar-refractivity contribution in [3.05, 3.63) is 42.6 Å². The Hall–Kier alpha value is -3.30. The molecule has 0 bridgehead atoms. The zero-order valence-corrected chi connectivity index (χ0v) is 17.9. The number of amides is 1. The smallest absolute Gasteiger partial charge is 0.406 e. The van der Waals surface area contributed by atoms with E-state index in [0.29, 0.717) is 42.2 Å². The minimum absolute atomic E-state index is 0.0457. The lowest BCUT2D eigenvalue weighted by Crippen LogP contribution is -2.36. The van der Waals surface area contributed by atoms with E-state index in [1.54, 1.807) is 28.9 Å². The fourth-order valence-corrected chi connectivity index (χ4v) is 3.29. The summed E-state index contributed by atoms with van der Waals surface area (Å²) in [7, 11) is 0. The number of nitrogens with one attached hydrogen (secondary N) is 2. The number of imidazole rings is 1. The molecule has 0 saturated carbocycles. The van der Waals surface area contributed by atoms with E-state index >= 15 is 0 Å². The van der Waals surface area contributed by atoms with Crippen molar-refractivity contribution < 1.29 is 22.7 Å². The highest BCUT2D eigenvalue weighted by atomic mass is 19.4. The normalized spacial score (nSPS) is 16.2. The van der Waals surface area contributed by atoms with E-state index in [1.165, 1.54) is 24.6 Å². The van der Waals surface area contributed by atoms with Crippen LogP contribution in [0.25, 0.3) is 16.9 Å². The molecule has 7 nitrogen and oxygen atoms in total. The molecule has 32 heavy (non-hydrogen) atoms. The predicted octanol–water partition coefficient (Wildman–Crippen LogP) is 4.65. The maximum absolute atomic E-state index is 12.5. The standard InChI is InChI=1S/C19H18F3N5O2.C3H8/c20-19(21,22)29-14-3-1-2-13(9-14)15-11-25-17-5-4-16(26-27(15)17)24-10-12-6-7-23-18(28)8-12;1-3-2/h1-5,9,11-12H,6-8,10H2,(H,23,28)(H,24,26);3H2,1-2H3. The monoisotopic (exact) mass is 449 g/mol. The Morgan fingerprint density at radius 1 is 1.25 bits per heavy atom. The van der Waals surface area contributed by atoms with Crippen molar-refractivity contribution in [1.82, 2.24) is 19.9 Å². The number of carbonyl (C=O) groups is 1. The topological polar surface area (TPSA) is 80.5 Å². The largest absolute Gasteiger partial charge is 0.573 e. The Labute approximate surface area is 184 Å². The zero-order chi connectivity index (χ0) is 23.1. The molecule has 3 heterocycles. The molecule has 1 aliphatic rings. The van der Waals surface area contributed by atoms with Gasteiger partial charge in [-0.25, -0.2) is 9.50 Å². The third kappa shape index (κ3) is 6.35. The Balaban J connectivity index is 0.000000913. The van der Waals surface area contributed by atoms with E-state index in [4.69, 9.17) is 0 Å². The number of anilines is 1. The lowest BCUT2D eigenvalue weighted by atomic mass is 9.98. The molecule has 0 radical (unpaired) electrons. The molecule has 172 valence electrons. The van der Waals surface area contributed by atoms with E-state index in [2.05, 4.69) is 39.3 Å². The van der Waals surface area contributed by atoms with Crippen molar-refractivity contribution in [2.45, 2.75) is 39.5 Å². The third-order valence-electron chi connectivity index (χ3n) is 4.65. The molecule has 0 aliphatic carbocycles. The molecule has 4 rings (SSSR count). The second-order valence-corrected chi connectivity index (χ2v) is 7.50. The molecule has 0 spiro atoms. The molecule has 1 aliphatic heterocycles. The Bertz CT molecular complexity index is 1050. The molecule has 1 saturated heterocycles. The van der Waals surface area contributed by atoms with Crippen LogP contribution in [-0.4, -0.2) is 40.0 Å². The molecule has 2 aromatic heterocycles. The average Bonchev–Trinajstić information content (AvgIpc) is 3.15. The number of nitrogens with zero attached hydrogens (tertiary/aromatic N) is 3. The number of halogens is 3. The first-order chi connectivity index (χ1) is 15.3. The first-order valence-corrected chi connectivity index (χ1v) is 10.5. The molecule has 1 fully saturated rings. The average molecular weight is 449 g/mol. The lowest BCUT2D eigenvalue weighted by molar-refractivity contribution is -0.274. The van der Waals surface area contributed by atoms with Crippen LogP contribution in [0.15, 0.2) is 42.6 Å². The van der Waals surface area contributed by atoms with Crippen LogP contribution in [0.4, 0.5) is 19.0 Å². The van der Waals surface area contributed by atoms with Crippen LogP contribution in [0.1, 0.15) is 33.1 Å². The van der Waals surface area contributed by atoms with Gasteiger partial charge in [-0.1, -0.05) is 32.4 Å². The van der Waals surface area contributed by atoms with E-state index in [9.17, 15) is 18.0 Å². The van der Waals surface area contributed by atoms with Crippen molar-refractivity contribution in [2.75, 3.05) is 18.4 Å². The second-order valence-electron chi connectivity index (χ2n) is 7.50. The quantitative estimate of drug-likeness (QED) is 0.593. The van der Waals surface area contributed by atoms with Crippen molar-refractivity contribution in [1.29, 1.82) is 0 Å². The van der Waals surface area contributed by atoms with Gasteiger partial charge in [0.25, 0.3) is 0 Å². The molecular weight excluding hydrogens is 423 g/mol. The fraction of sp³-hybridized carbons (Fsp3) is 0.409. The number of aromatic nitrogens is 3. The maximum Gasteiger partial charge on any atom is 0.573 e. The molecule has 2 N–H and O–H groups in total. The number of carbonyl (C=O) groups excluding carboxylic acids is 1. The van der Waals surface area contributed by atoms with Crippen molar-refractivity contribution in [3.8, 4) is 17.0 Å². The van der Waals surface area contributed by atoms with E-state index < -0.39 is 6.36 Å². The van der Waals surface area contributed by atoms with Crippen LogP contribution < -0.4 is 15.4 Å². The van der Waals surface area contributed by atoms with Gasteiger partial charge in [-0.15, -0.1) is 18.3 Å². The Kier molecular flexibility index (Phi) is 7.55. The van der Waals surface area contributed by atoms with Crippen LogP contribution >= 0.6 is 0 Å². The van der Waals surface area contributed by atoms with Gasteiger partial charge >= 0.3 is 6.36 Å². The SMILES string of the molecule is CCC.O=C1CC(CNc2ccc3ncc(-c4cccc(OC(F)(F)F)c4)n3n2)CCN1. The number of fused-ring (bicyclic) bond motifs is 1. The number of hydrogen-bond donors (Lipinski definition) is 2. The first-order valence-electron chi connectivity index (χ1n) is 10.5. The summed E-state index contributed by atoms with van der Waals surface area (Å²) in [6.45, 7) is 5.52. The minimum Gasteiger partial charge on any atom is -0.406 e. The molecule has 1 unspecified atom stereocenters. The highest BCUT2D eigenvalue weighted by Crippen LogP contribution is 2.28. The molecule has 10 heteroatoms. The predicted molar refractivity (Wildman–Crippen MR) is 115 cm³/mol. The van der Waals surface area contributed by atoms with Gasteiger partial charge in [0.05, 0.1) is 11.9 Å². The van der Waals surface area contributed by atoms with Crippen molar-refractivity contribution in [2.24, 2.45) is 5.92 Å². The summed E-state index contributed by atoms with van der Waals surface area (Å²) in [6.07, 6.45) is -0.603. The summed E-state index contributed by atoms with van der Waals surface area (Å²) in [5, 5.41) is 10.5. The Morgan fingerprint density at radius 2 is 2.03 bits per heavy atom. The highest BCUT2D eigenvalue weighted by molar-refractivity contribution is 5.76. The minimum atomic E-state index is -4.76. The van der Waals surface area contributed by atoms with Crippen molar-refractivity contribution in [3.63, 3.8) is 0 Å². The number of hydrogen-bond acceptors (Lipinski definition) is 5. The van der Waals surface area contributed by atoms with Gasteiger partial charge in [-0.2, -0.15) is 0 Å². The summed E-state index contributed by atoms with van der Waals surface area (Å²) in [5.41, 5.74) is 1.59. The van der Waals surface area contributed by atoms with Crippen LogP contribution in [0.5, 0.6) is 5.75 Å². The van der Waals surface area contributed by atoms with Gasteiger partial charge in [0.2, 0.25) is 5.91 Å². The van der Waals surface area contributed by atoms with Crippen molar-refractivity contribution >= 4 is 17.4 Å². The summed E-state index contributed by atoms with van der Waals surface area (Å²) in [5.74, 6) is 0.546. The lowest BCUT2D eigenvalue weighted by Gasteiger charge is -2.22. The summed E-state index contributed by atoms with van der Waals surface area (Å²) in [6, 6.07) is 9.21. The Morgan fingerprint density at radius 3 is 2.75 bits per heavy atom. The molecule has 3 aromatic rings. The van der Waals surface area contributed by atoms with E-state index in [1.807, 2.05) is 0 Å². The van der Waals surface area contributed by atoms with Crippen LogP contribution in [0.2, 0.25) is 0 Å². The van der Waals surface area contributed by atoms with Gasteiger partial charge in [-0.3, -0.25) is 4.79 Å². The number of piperidine rings is 1. The van der Waals surface area contributed by atoms with Gasteiger partial charge in [0.1, 0.15) is 11.6 Å². The van der Waals surface area contributed by atoms with Gasteiger partial charge < -0.3 is 15.4 Å². The number of benzene rings is 1. The zero-order valence-electron chi connectivity index (χ0n) is 17.9. The summed E-state index contributed by atoms with van der Waals surface area (Å²) < 4.78 is 43.0.